The van der Waals surface area contributed by atoms with Crippen LogP contribution < -0.4 is 5.32 Å². The lowest BCUT2D eigenvalue weighted by molar-refractivity contribution is -0.127. The molecule has 1 aromatic carbocycles. The quantitative estimate of drug-likeness (QED) is 0.869. The fourth-order valence-electron chi connectivity index (χ4n) is 4.01. The van der Waals surface area contributed by atoms with Crippen molar-refractivity contribution in [2.75, 3.05) is 26.3 Å². The van der Waals surface area contributed by atoms with Gasteiger partial charge in [-0.15, -0.1) is 0 Å². The predicted octanol–water partition coefficient (Wildman–Crippen LogP) is 2.24. The second-order valence-electron chi connectivity index (χ2n) is 7.35. The Labute approximate surface area is 159 Å². The first-order chi connectivity index (χ1) is 13.3. The van der Waals surface area contributed by atoms with Gasteiger partial charge in [0, 0.05) is 37.9 Å². The third-order valence-corrected chi connectivity index (χ3v) is 5.57. The Hall–Kier alpha value is -2.25. The van der Waals surface area contributed by atoms with Gasteiger partial charge in [-0.3, -0.25) is 9.69 Å². The van der Waals surface area contributed by atoms with E-state index in [1.54, 1.807) is 0 Å². The smallest absolute Gasteiger partial charge is 0.224 e. The minimum atomic E-state index is 0.0835. The molecule has 27 heavy (non-hydrogen) atoms. The number of amides is 1. The van der Waals surface area contributed by atoms with Crippen molar-refractivity contribution >= 4 is 5.91 Å². The number of rotatable bonds is 5. The summed E-state index contributed by atoms with van der Waals surface area (Å²) in [5.74, 6) is 0.815. The zero-order valence-corrected chi connectivity index (χ0v) is 15.5. The van der Waals surface area contributed by atoms with E-state index in [1.165, 1.54) is 6.39 Å². The van der Waals surface area contributed by atoms with Crippen LogP contribution in [-0.2, 0) is 16.1 Å². The van der Waals surface area contributed by atoms with Gasteiger partial charge in [-0.05, 0) is 37.8 Å². The van der Waals surface area contributed by atoms with Crippen LogP contribution in [0.15, 0.2) is 35.2 Å². The van der Waals surface area contributed by atoms with Gasteiger partial charge in [0.05, 0.1) is 5.92 Å². The number of nitrogens with zero attached hydrogens (tertiary/aromatic N) is 3. The van der Waals surface area contributed by atoms with Crippen molar-refractivity contribution in [1.29, 1.82) is 0 Å². The molecule has 144 valence electrons. The summed E-state index contributed by atoms with van der Waals surface area (Å²) in [5.41, 5.74) is 1.96. The van der Waals surface area contributed by atoms with Gasteiger partial charge >= 0.3 is 0 Å². The predicted molar refractivity (Wildman–Crippen MR) is 99.7 cm³/mol. The Bertz CT molecular complexity index is 726. The second kappa shape index (κ2) is 8.63. The van der Waals surface area contributed by atoms with Crippen LogP contribution in [0.2, 0.25) is 0 Å². The summed E-state index contributed by atoms with van der Waals surface area (Å²) in [6, 6.07) is 8.44. The molecule has 1 N–H and O–H groups in total. The third-order valence-electron chi connectivity index (χ3n) is 5.57. The van der Waals surface area contributed by atoms with E-state index in [2.05, 4.69) is 20.4 Å². The van der Waals surface area contributed by atoms with Crippen molar-refractivity contribution in [3.8, 4) is 11.4 Å². The zero-order chi connectivity index (χ0) is 18.5. The Morgan fingerprint density at radius 1 is 1.19 bits per heavy atom. The van der Waals surface area contributed by atoms with Gasteiger partial charge in [0.1, 0.15) is 0 Å². The maximum Gasteiger partial charge on any atom is 0.224 e. The molecular formula is C20H26N4O3. The van der Waals surface area contributed by atoms with Crippen LogP contribution in [0.25, 0.3) is 11.4 Å². The summed E-state index contributed by atoms with van der Waals surface area (Å²) in [5, 5.41) is 6.94. The van der Waals surface area contributed by atoms with Gasteiger partial charge in [0.15, 0.2) is 0 Å². The Morgan fingerprint density at radius 2 is 2.00 bits per heavy atom. The van der Waals surface area contributed by atoms with Crippen molar-refractivity contribution in [2.45, 2.75) is 38.3 Å². The van der Waals surface area contributed by atoms with Crippen LogP contribution in [0.4, 0.5) is 0 Å². The van der Waals surface area contributed by atoms with Crippen molar-refractivity contribution in [1.82, 2.24) is 20.4 Å². The number of carbonyl (C=O) groups is 1. The molecule has 2 aliphatic heterocycles. The van der Waals surface area contributed by atoms with Crippen molar-refractivity contribution in [3.05, 3.63) is 36.2 Å². The SMILES string of the molecule is O=C(NCc1ccc(-c2ncon2)cc1)[C@@H]1CCCN(C2CCOCC2)C1. The van der Waals surface area contributed by atoms with E-state index in [0.717, 1.165) is 63.1 Å². The number of hydrogen-bond donors (Lipinski definition) is 1. The van der Waals surface area contributed by atoms with E-state index in [1.807, 2.05) is 24.3 Å². The minimum absolute atomic E-state index is 0.0835. The van der Waals surface area contributed by atoms with Crippen LogP contribution in [0, 0.1) is 5.92 Å². The second-order valence-corrected chi connectivity index (χ2v) is 7.35. The molecule has 0 unspecified atom stereocenters. The lowest BCUT2D eigenvalue weighted by Gasteiger charge is -2.39. The number of carbonyl (C=O) groups excluding carboxylic acids is 1. The molecule has 1 amide bonds. The molecule has 7 nitrogen and oxygen atoms in total. The molecule has 7 heteroatoms. The molecule has 0 bridgehead atoms. The number of ether oxygens (including phenoxy) is 1. The summed E-state index contributed by atoms with van der Waals surface area (Å²) >= 11 is 0. The Balaban J connectivity index is 1.28. The molecular weight excluding hydrogens is 344 g/mol. The fraction of sp³-hybridized carbons (Fsp3) is 0.550. The van der Waals surface area contributed by atoms with E-state index < -0.39 is 0 Å². The van der Waals surface area contributed by atoms with E-state index >= 15 is 0 Å². The highest BCUT2D eigenvalue weighted by Gasteiger charge is 2.30. The summed E-state index contributed by atoms with van der Waals surface area (Å²) < 4.78 is 10.2. The van der Waals surface area contributed by atoms with Gasteiger partial charge in [-0.25, -0.2) is 0 Å². The molecule has 3 heterocycles. The van der Waals surface area contributed by atoms with Gasteiger partial charge < -0.3 is 14.6 Å². The standard InChI is InChI=1S/C20H26N4O3/c25-20(17-2-1-9-24(13-17)18-7-10-26-11-8-18)21-12-15-3-5-16(6-4-15)19-22-14-27-23-19/h3-6,14,17-18H,1-2,7-13H2,(H,21,25)/t17-/m1/s1. The highest BCUT2D eigenvalue weighted by Crippen LogP contribution is 2.23. The number of aromatic nitrogens is 2. The average molecular weight is 370 g/mol. The summed E-state index contributed by atoms with van der Waals surface area (Å²) in [6.45, 7) is 4.20. The van der Waals surface area contributed by atoms with Crippen molar-refractivity contribution in [3.63, 3.8) is 0 Å². The largest absolute Gasteiger partial charge is 0.381 e. The van der Waals surface area contributed by atoms with Gasteiger partial charge in [-0.1, -0.05) is 29.4 Å². The molecule has 2 aromatic rings. The maximum atomic E-state index is 12.7. The van der Waals surface area contributed by atoms with Crippen LogP contribution in [0.3, 0.4) is 0 Å². The lowest BCUT2D eigenvalue weighted by Crippen LogP contribution is -2.48. The minimum Gasteiger partial charge on any atom is -0.381 e. The fourth-order valence-corrected chi connectivity index (χ4v) is 4.01. The number of benzene rings is 1. The van der Waals surface area contributed by atoms with Gasteiger partial charge in [-0.2, -0.15) is 4.98 Å². The average Bonchev–Trinajstić information content (AvgIpc) is 3.28. The monoisotopic (exact) mass is 370 g/mol. The van der Waals surface area contributed by atoms with Crippen LogP contribution in [0.5, 0.6) is 0 Å². The number of likely N-dealkylation sites (tertiary alicyclic amines) is 1. The van der Waals surface area contributed by atoms with Crippen LogP contribution in [-0.4, -0.2) is 53.3 Å². The molecule has 0 aliphatic carbocycles. The summed E-state index contributed by atoms with van der Waals surface area (Å²) in [6.07, 6.45) is 5.55. The highest BCUT2D eigenvalue weighted by atomic mass is 16.5. The first-order valence-electron chi connectivity index (χ1n) is 9.75. The molecule has 0 spiro atoms. The molecule has 1 atom stereocenters. The first kappa shape index (κ1) is 18.1. The third kappa shape index (κ3) is 4.54. The van der Waals surface area contributed by atoms with Gasteiger partial charge in [0.2, 0.25) is 18.1 Å². The molecule has 4 rings (SSSR count). The lowest BCUT2D eigenvalue weighted by atomic mass is 9.94. The van der Waals surface area contributed by atoms with Crippen LogP contribution in [0.1, 0.15) is 31.2 Å². The Kier molecular flexibility index (Phi) is 5.79. The molecule has 2 aliphatic rings. The highest BCUT2D eigenvalue weighted by molar-refractivity contribution is 5.79. The molecule has 2 saturated heterocycles. The topological polar surface area (TPSA) is 80.5 Å². The maximum absolute atomic E-state index is 12.7. The summed E-state index contributed by atoms with van der Waals surface area (Å²) in [7, 11) is 0. The van der Waals surface area contributed by atoms with E-state index in [0.29, 0.717) is 18.4 Å². The number of hydrogen-bond acceptors (Lipinski definition) is 6. The number of nitrogens with one attached hydrogen (secondary N) is 1. The summed E-state index contributed by atoms with van der Waals surface area (Å²) in [4.78, 5) is 19.2. The van der Waals surface area contributed by atoms with Gasteiger partial charge in [0.25, 0.3) is 0 Å². The molecule has 2 fully saturated rings. The Morgan fingerprint density at radius 3 is 2.74 bits per heavy atom. The van der Waals surface area contributed by atoms with Crippen molar-refractivity contribution < 1.29 is 14.1 Å². The first-order valence-corrected chi connectivity index (χ1v) is 9.75. The van der Waals surface area contributed by atoms with Crippen molar-refractivity contribution in [2.24, 2.45) is 5.92 Å². The number of piperidine rings is 1. The zero-order valence-electron chi connectivity index (χ0n) is 15.5. The molecule has 0 radical (unpaired) electrons. The van der Waals surface area contributed by atoms with E-state index in [4.69, 9.17) is 9.26 Å². The van der Waals surface area contributed by atoms with E-state index in [-0.39, 0.29) is 11.8 Å². The molecule has 0 saturated carbocycles. The van der Waals surface area contributed by atoms with Crippen LogP contribution >= 0.6 is 0 Å². The van der Waals surface area contributed by atoms with E-state index in [9.17, 15) is 4.79 Å². The normalized spacial score (nSPS) is 21.9. The molecule has 1 aromatic heterocycles.